The number of ether oxygens (including phenoxy) is 2. The van der Waals surface area contributed by atoms with Gasteiger partial charge in [-0.2, -0.15) is 0 Å². The Morgan fingerprint density at radius 1 is 1.23 bits per heavy atom. The van der Waals surface area contributed by atoms with Crippen molar-refractivity contribution in [2.75, 3.05) is 25.2 Å². The minimum atomic E-state index is -0.219. The van der Waals surface area contributed by atoms with Crippen molar-refractivity contribution in [3.8, 4) is 5.75 Å². The van der Waals surface area contributed by atoms with Gasteiger partial charge in [-0.3, -0.25) is 9.80 Å². The fourth-order valence-electron chi connectivity index (χ4n) is 3.82. The van der Waals surface area contributed by atoms with Gasteiger partial charge in [0.05, 0.1) is 18.8 Å². The fraction of sp³-hybridized carbons (Fsp3) is 0.381. The van der Waals surface area contributed by atoms with Crippen LogP contribution < -0.4 is 9.64 Å². The second-order valence-electron chi connectivity index (χ2n) is 7.08. The topological polar surface area (TPSA) is 42.0 Å². The van der Waals surface area contributed by atoms with Crippen LogP contribution in [0, 0.1) is 6.92 Å². The van der Waals surface area contributed by atoms with Gasteiger partial charge in [-0.15, -0.1) is 0 Å². The number of methoxy groups -OCH3 is 1. The lowest BCUT2D eigenvalue weighted by Gasteiger charge is -2.32. The van der Waals surface area contributed by atoms with E-state index in [1.807, 2.05) is 17.0 Å². The standard InChI is InChI=1S/C21H24N2O3/c1-15-6-7-17-13-22(12-16-4-3-5-19(11-16)25-2)9-8-18-14-26-21(24)23(18)20(17)10-15/h3-7,10-11,18H,8-9,12-14H2,1-2H3/t18-/m0/s1. The Balaban J connectivity index is 1.63. The van der Waals surface area contributed by atoms with E-state index in [-0.39, 0.29) is 12.1 Å². The van der Waals surface area contributed by atoms with Crippen LogP contribution in [0.1, 0.15) is 23.1 Å². The second-order valence-corrected chi connectivity index (χ2v) is 7.08. The van der Waals surface area contributed by atoms with Crippen molar-refractivity contribution in [1.29, 1.82) is 0 Å². The first-order chi connectivity index (χ1) is 12.6. The number of hydrogen-bond donors (Lipinski definition) is 0. The van der Waals surface area contributed by atoms with Gasteiger partial charge in [-0.25, -0.2) is 4.79 Å². The van der Waals surface area contributed by atoms with E-state index in [9.17, 15) is 4.79 Å². The van der Waals surface area contributed by atoms with Crippen LogP contribution >= 0.6 is 0 Å². The van der Waals surface area contributed by atoms with Crippen molar-refractivity contribution in [2.45, 2.75) is 32.5 Å². The molecule has 1 saturated heterocycles. The Morgan fingerprint density at radius 3 is 2.96 bits per heavy atom. The number of rotatable bonds is 3. The molecule has 5 nitrogen and oxygen atoms in total. The summed E-state index contributed by atoms with van der Waals surface area (Å²) in [6.45, 7) is 5.11. The summed E-state index contributed by atoms with van der Waals surface area (Å²) in [6.07, 6.45) is 0.686. The van der Waals surface area contributed by atoms with Crippen LogP contribution in [0.3, 0.4) is 0 Å². The van der Waals surface area contributed by atoms with Gasteiger partial charge in [0.2, 0.25) is 0 Å². The molecule has 1 amide bonds. The predicted octanol–water partition coefficient (Wildman–Crippen LogP) is 3.73. The average molecular weight is 352 g/mol. The van der Waals surface area contributed by atoms with E-state index >= 15 is 0 Å². The maximum Gasteiger partial charge on any atom is 0.414 e. The van der Waals surface area contributed by atoms with Crippen LogP contribution in [0.25, 0.3) is 0 Å². The average Bonchev–Trinajstić information content (AvgIpc) is 2.99. The number of aryl methyl sites for hydroxylation is 1. The molecule has 2 aromatic rings. The molecule has 0 radical (unpaired) electrons. The number of nitrogens with zero attached hydrogens (tertiary/aromatic N) is 2. The fourth-order valence-corrected chi connectivity index (χ4v) is 3.82. The SMILES string of the molecule is COc1cccc(CN2CC[C@H]3COC(=O)N3c3cc(C)ccc3C2)c1. The molecule has 136 valence electrons. The molecular formula is C21H24N2O3. The first kappa shape index (κ1) is 16.9. The third-order valence-corrected chi connectivity index (χ3v) is 5.17. The van der Waals surface area contributed by atoms with Crippen LogP contribution in [0.4, 0.5) is 10.5 Å². The molecule has 0 saturated carbocycles. The molecule has 26 heavy (non-hydrogen) atoms. The molecule has 0 unspecified atom stereocenters. The lowest BCUT2D eigenvalue weighted by molar-refractivity contribution is 0.177. The van der Waals surface area contributed by atoms with Gasteiger partial charge < -0.3 is 9.47 Å². The number of carbonyl (C=O) groups excluding carboxylic acids is 1. The highest BCUT2D eigenvalue weighted by molar-refractivity contribution is 5.91. The molecular weight excluding hydrogens is 328 g/mol. The minimum absolute atomic E-state index is 0.108. The normalized spacial score (nSPS) is 20.0. The Kier molecular flexibility index (Phi) is 4.55. The molecule has 0 aromatic heterocycles. The quantitative estimate of drug-likeness (QED) is 0.844. The van der Waals surface area contributed by atoms with E-state index < -0.39 is 0 Å². The summed E-state index contributed by atoms with van der Waals surface area (Å²) in [5.74, 6) is 0.881. The number of anilines is 1. The smallest absolute Gasteiger partial charge is 0.414 e. The summed E-state index contributed by atoms with van der Waals surface area (Å²) >= 11 is 0. The maximum atomic E-state index is 12.3. The Labute approximate surface area is 154 Å². The zero-order valence-electron chi connectivity index (χ0n) is 15.3. The van der Waals surface area contributed by atoms with Crippen LogP contribution in [0.15, 0.2) is 42.5 Å². The predicted molar refractivity (Wildman–Crippen MR) is 101 cm³/mol. The number of hydrogen-bond acceptors (Lipinski definition) is 4. The third kappa shape index (κ3) is 3.27. The van der Waals surface area contributed by atoms with Gasteiger partial charge in [0.1, 0.15) is 12.4 Å². The second kappa shape index (κ2) is 7.00. The van der Waals surface area contributed by atoms with Gasteiger partial charge in [-0.05, 0) is 48.2 Å². The van der Waals surface area contributed by atoms with Crippen LogP contribution in [0.2, 0.25) is 0 Å². The number of fused-ring (bicyclic) bond motifs is 3. The highest BCUT2D eigenvalue weighted by atomic mass is 16.6. The van der Waals surface area contributed by atoms with Crippen molar-refractivity contribution in [3.63, 3.8) is 0 Å². The Hall–Kier alpha value is -2.53. The molecule has 2 aliphatic heterocycles. The van der Waals surface area contributed by atoms with Gasteiger partial charge in [0, 0.05) is 19.6 Å². The Morgan fingerprint density at radius 2 is 2.12 bits per heavy atom. The lowest BCUT2D eigenvalue weighted by atomic mass is 10.0. The highest BCUT2D eigenvalue weighted by Gasteiger charge is 2.37. The van der Waals surface area contributed by atoms with Crippen molar-refractivity contribution >= 4 is 11.8 Å². The minimum Gasteiger partial charge on any atom is -0.497 e. The molecule has 0 spiro atoms. The van der Waals surface area contributed by atoms with Crippen LogP contribution in [-0.2, 0) is 17.8 Å². The van der Waals surface area contributed by atoms with E-state index in [0.717, 1.165) is 43.1 Å². The molecule has 0 N–H and O–H groups in total. The summed E-state index contributed by atoms with van der Waals surface area (Å²) in [7, 11) is 1.69. The van der Waals surface area contributed by atoms with Gasteiger partial charge in [0.15, 0.2) is 0 Å². The number of carbonyl (C=O) groups is 1. The molecule has 1 fully saturated rings. The van der Waals surface area contributed by atoms with E-state index in [4.69, 9.17) is 9.47 Å². The molecule has 2 heterocycles. The van der Waals surface area contributed by atoms with Gasteiger partial charge in [0.25, 0.3) is 0 Å². The Bertz CT molecular complexity index is 821. The van der Waals surface area contributed by atoms with Gasteiger partial charge >= 0.3 is 6.09 Å². The van der Waals surface area contributed by atoms with E-state index in [0.29, 0.717) is 6.61 Å². The molecule has 0 bridgehead atoms. The molecule has 2 aromatic carbocycles. The highest BCUT2D eigenvalue weighted by Crippen LogP contribution is 2.32. The molecule has 2 aliphatic rings. The number of benzene rings is 2. The molecule has 0 aliphatic carbocycles. The summed E-state index contributed by atoms with van der Waals surface area (Å²) in [5, 5.41) is 0. The van der Waals surface area contributed by atoms with Crippen molar-refractivity contribution in [3.05, 3.63) is 59.2 Å². The van der Waals surface area contributed by atoms with E-state index in [1.54, 1.807) is 7.11 Å². The summed E-state index contributed by atoms with van der Waals surface area (Å²) in [5.41, 5.74) is 4.55. The summed E-state index contributed by atoms with van der Waals surface area (Å²) in [6, 6.07) is 14.7. The molecule has 5 heteroatoms. The summed E-state index contributed by atoms with van der Waals surface area (Å²) < 4.78 is 10.7. The van der Waals surface area contributed by atoms with Crippen molar-refractivity contribution in [2.24, 2.45) is 0 Å². The number of amides is 1. The summed E-state index contributed by atoms with van der Waals surface area (Å²) in [4.78, 5) is 16.6. The number of cyclic esters (lactones) is 1. The van der Waals surface area contributed by atoms with Crippen LogP contribution in [-0.4, -0.2) is 37.3 Å². The van der Waals surface area contributed by atoms with Gasteiger partial charge in [-0.1, -0.05) is 24.3 Å². The first-order valence-corrected chi connectivity index (χ1v) is 9.05. The zero-order chi connectivity index (χ0) is 18.1. The van der Waals surface area contributed by atoms with Crippen molar-refractivity contribution in [1.82, 2.24) is 4.90 Å². The molecule has 4 rings (SSSR count). The van der Waals surface area contributed by atoms with E-state index in [1.165, 1.54) is 11.1 Å². The zero-order valence-corrected chi connectivity index (χ0v) is 15.3. The van der Waals surface area contributed by atoms with Crippen LogP contribution in [0.5, 0.6) is 5.75 Å². The van der Waals surface area contributed by atoms with E-state index in [2.05, 4.69) is 42.2 Å². The third-order valence-electron chi connectivity index (χ3n) is 5.17. The maximum absolute atomic E-state index is 12.3. The first-order valence-electron chi connectivity index (χ1n) is 9.05. The largest absolute Gasteiger partial charge is 0.497 e. The van der Waals surface area contributed by atoms with Crippen molar-refractivity contribution < 1.29 is 14.3 Å². The molecule has 1 atom stereocenters. The lowest BCUT2D eigenvalue weighted by Crippen LogP contribution is -2.40. The monoisotopic (exact) mass is 352 g/mol.